The minimum atomic E-state index is 1.12. The molecule has 0 unspecified atom stereocenters. The van der Waals surface area contributed by atoms with E-state index in [0.29, 0.717) is 0 Å². The van der Waals surface area contributed by atoms with E-state index >= 15 is 0 Å². The lowest BCUT2D eigenvalue weighted by Gasteiger charge is -1.95. The molecule has 0 aliphatic rings. The lowest BCUT2D eigenvalue weighted by atomic mass is 10.1. The van der Waals surface area contributed by atoms with Gasteiger partial charge >= 0.3 is 0 Å². The van der Waals surface area contributed by atoms with Gasteiger partial charge in [-0.15, -0.1) is 0 Å². The fraction of sp³-hybridized carbons (Fsp3) is 0. The summed E-state index contributed by atoms with van der Waals surface area (Å²) in [5, 5.41) is 5.01. The van der Waals surface area contributed by atoms with Crippen molar-refractivity contribution in [3.05, 3.63) is 72.8 Å². The third kappa shape index (κ3) is 1.80. The van der Waals surface area contributed by atoms with Gasteiger partial charge < -0.3 is 4.98 Å². The van der Waals surface area contributed by atoms with Gasteiger partial charge in [0.1, 0.15) is 0 Å². The van der Waals surface area contributed by atoms with Crippen LogP contribution in [0.5, 0.6) is 0 Å². The maximum atomic E-state index is 3.42. The molecule has 1 heteroatoms. The zero-order valence-corrected chi connectivity index (χ0v) is 10.4. The van der Waals surface area contributed by atoms with E-state index in [2.05, 4.69) is 77.8 Å². The summed E-state index contributed by atoms with van der Waals surface area (Å²) in [6.07, 6.45) is 0. The second kappa shape index (κ2) is 3.99. The zero-order valence-electron chi connectivity index (χ0n) is 10.4. The SMILES string of the molecule is c1cc2ccc1[nH]c1ccc(cc1)c1ccc2cc1. The Morgan fingerprint density at radius 2 is 0.632 bits per heavy atom. The summed E-state index contributed by atoms with van der Waals surface area (Å²) in [6, 6.07) is 25.8. The van der Waals surface area contributed by atoms with Crippen LogP contribution in [0.3, 0.4) is 0 Å². The predicted octanol–water partition coefficient (Wildman–Crippen LogP) is 5.04. The number of rotatable bonds is 0. The Labute approximate surface area is 111 Å². The van der Waals surface area contributed by atoms with E-state index in [1.807, 2.05) is 0 Å². The number of hydrogen-bond donors (Lipinski definition) is 1. The summed E-state index contributed by atoms with van der Waals surface area (Å²) in [6.45, 7) is 0. The number of H-pyrrole nitrogens is 1. The predicted molar refractivity (Wildman–Crippen MR) is 82.1 cm³/mol. The minimum Gasteiger partial charge on any atom is -0.356 e. The number of aromatic amines is 1. The largest absolute Gasteiger partial charge is 0.356 e. The van der Waals surface area contributed by atoms with Crippen molar-refractivity contribution >= 4 is 32.6 Å². The van der Waals surface area contributed by atoms with E-state index in [4.69, 9.17) is 0 Å². The maximum absolute atomic E-state index is 3.42. The smallest absolute Gasteiger partial charge is 0.0384 e. The molecule has 19 heavy (non-hydrogen) atoms. The van der Waals surface area contributed by atoms with Crippen LogP contribution in [0.4, 0.5) is 0 Å². The first-order valence-corrected chi connectivity index (χ1v) is 6.46. The van der Waals surface area contributed by atoms with Crippen LogP contribution >= 0.6 is 0 Å². The summed E-state index contributed by atoms with van der Waals surface area (Å²) in [5.41, 5.74) is 2.23. The van der Waals surface area contributed by atoms with Crippen LogP contribution in [0.15, 0.2) is 72.8 Å². The van der Waals surface area contributed by atoms with E-state index in [1.54, 1.807) is 0 Å². The Hall–Kier alpha value is -2.54. The topological polar surface area (TPSA) is 15.8 Å². The van der Waals surface area contributed by atoms with Gasteiger partial charge in [0.05, 0.1) is 0 Å². The highest BCUT2D eigenvalue weighted by Gasteiger charge is 1.93. The second-order valence-corrected chi connectivity index (χ2v) is 4.86. The molecule has 6 bridgehead atoms. The normalized spacial score (nSPS) is 11.2. The second-order valence-electron chi connectivity index (χ2n) is 4.86. The van der Waals surface area contributed by atoms with Crippen molar-refractivity contribution in [3.63, 3.8) is 0 Å². The minimum absolute atomic E-state index is 1.12. The molecular weight excluding hydrogens is 230 g/mol. The lowest BCUT2D eigenvalue weighted by Crippen LogP contribution is -1.72. The van der Waals surface area contributed by atoms with Gasteiger partial charge in [-0.2, -0.15) is 0 Å². The van der Waals surface area contributed by atoms with Gasteiger partial charge in [0.25, 0.3) is 0 Å². The number of benzene rings is 3. The van der Waals surface area contributed by atoms with Crippen LogP contribution in [0.1, 0.15) is 0 Å². The molecule has 9 rings (SSSR count). The Morgan fingerprint density at radius 1 is 0.368 bits per heavy atom. The van der Waals surface area contributed by atoms with E-state index in [-0.39, 0.29) is 0 Å². The zero-order chi connectivity index (χ0) is 12.7. The summed E-state index contributed by atoms with van der Waals surface area (Å²) in [7, 11) is 0. The number of nitrogens with one attached hydrogen (secondary N) is 1. The molecular formula is C18H13N. The molecule has 1 nitrogen and oxygen atoms in total. The van der Waals surface area contributed by atoms with Gasteiger partial charge in [0.15, 0.2) is 0 Å². The monoisotopic (exact) mass is 243 g/mol. The third-order valence-corrected chi connectivity index (χ3v) is 3.61. The molecule has 0 saturated heterocycles. The van der Waals surface area contributed by atoms with Crippen molar-refractivity contribution in [1.29, 1.82) is 0 Å². The summed E-state index contributed by atoms with van der Waals surface area (Å²) >= 11 is 0. The standard InChI is InChI=1S/C18H13N/c1-2-14-4-3-13(1)15-5-9-17(10-6-15)19-18-11-7-16(14)8-12-18/h1-12,19H. The van der Waals surface area contributed by atoms with Crippen LogP contribution in [0.2, 0.25) is 0 Å². The molecule has 6 aromatic heterocycles. The number of aromatic nitrogens is 1. The molecule has 0 spiro atoms. The number of hydrogen-bond acceptors (Lipinski definition) is 0. The van der Waals surface area contributed by atoms with E-state index in [9.17, 15) is 0 Å². The van der Waals surface area contributed by atoms with E-state index in [0.717, 1.165) is 11.0 Å². The van der Waals surface area contributed by atoms with Crippen molar-refractivity contribution in [3.8, 4) is 0 Å². The molecule has 9 aromatic rings. The van der Waals surface area contributed by atoms with Crippen molar-refractivity contribution in [2.24, 2.45) is 0 Å². The molecule has 0 saturated carbocycles. The summed E-state index contributed by atoms with van der Waals surface area (Å²) in [4.78, 5) is 3.42. The fourth-order valence-corrected chi connectivity index (χ4v) is 2.51. The van der Waals surface area contributed by atoms with Crippen LogP contribution < -0.4 is 0 Å². The summed E-state index contributed by atoms with van der Waals surface area (Å²) < 4.78 is 0. The van der Waals surface area contributed by atoms with E-state index in [1.165, 1.54) is 21.5 Å². The van der Waals surface area contributed by atoms with E-state index < -0.39 is 0 Å². The Kier molecular flexibility index (Phi) is 2.18. The maximum Gasteiger partial charge on any atom is 0.0384 e. The van der Waals surface area contributed by atoms with Crippen molar-refractivity contribution in [1.82, 2.24) is 4.98 Å². The first-order valence-electron chi connectivity index (χ1n) is 6.46. The highest BCUT2D eigenvalue weighted by atomic mass is 14.7. The van der Waals surface area contributed by atoms with Crippen LogP contribution in [0, 0.1) is 0 Å². The Balaban J connectivity index is 2.29. The van der Waals surface area contributed by atoms with Crippen molar-refractivity contribution in [2.75, 3.05) is 0 Å². The van der Waals surface area contributed by atoms with Gasteiger partial charge in [0.2, 0.25) is 0 Å². The van der Waals surface area contributed by atoms with Gasteiger partial charge in [0, 0.05) is 11.0 Å². The third-order valence-electron chi connectivity index (χ3n) is 3.61. The van der Waals surface area contributed by atoms with Crippen LogP contribution in [-0.2, 0) is 0 Å². The molecule has 0 atom stereocenters. The molecule has 6 heterocycles. The first kappa shape index (κ1) is 10.4. The highest BCUT2D eigenvalue weighted by molar-refractivity contribution is 5.89. The molecule has 0 radical (unpaired) electrons. The van der Waals surface area contributed by atoms with Gasteiger partial charge in [-0.25, -0.2) is 0 Å². The molecule has 0 aliphatic heterocycles. The Morgan fingerprint density at radius 3 is 0.947 bits per heavy atom. The lowest BCUT2D eigenvalue weighted by molar-refractivity contribution is 1.49. The molecule has 3 aromatic carbocycles. The molecule has 1 N–H and O–H groups in total. The van der Waals surface area contributed by atoms with Crippen LogP contribution in [-0.4, -0.2) is 4.98 Å². The summed E-state index contributed by atoms with van der Waals surface area (Å²) in [5.74, 6) is 0. The highest BCUT2D eigenvalue weighted by Crippen LogP contribution is 2.18. The molecule has 0 fully saturated rings. The molecule has 0 aliphatic carbocycles. The van der Waals surface area contributed by atoms with Crippen molar-refractivity contribution in [2.45, 2.75) is 0 Å². The average Bonchev–Trinajstić information content (AvgIpc) is 2.54. The molecule has 0 amide bonds. The quantitative estimate of drug-likeness (QED) is 0.445. The first-order chi connectivity index (χ1) is 9.38. The Bertz CT molecular complexity index is 780. The van der Waals surface area contributed by atoms with Gasteiger partial charge in [-0.05, 0) is 45.8 Å². The molecule has 90 valence electrons. The van der Waals surface area contributed by atoms with Gasteiger partial charge in [-0.3, -0.25) is 0 Å². The average molecular weight is 243 g/mol. The van der Waals surface area contributed by atoms with Crippen LogP contribution in [0.25, 0.3) is 32.6 Å². The van der Waals surface area contributed by atoms with Crippen molar-refractivity contribution < 1.29 is 0 Å². The van der Waals surface area contributed by atoms with Gasteiger partial charge in [-0.1, -0.05) is 48.5 Å². The fourth-order valence-electron chi connectivity index (χ4n) is 2.51.